The van der Waals surface area contributed by atoms with Crippen LogP contribution in [0.1, 0.15) is 24.0 Å². The number of amides is 2. The van der Waals surface area contributed by atoms with Gasteiger partial charge in [-0.3, -0.25) is 9.59 Å². The fourth-order valence-electron chi connectivity index (χ4n) is 5.06. The summed E-state index contributed by atoms with van der Waals surface area (Å²) in [4.78, 5) is 25.9. The number of piperidine rings is 1. The van der Waals surface area contributed by atoms with Gasteiger partial charge in [-0.25, -0.2) is 0 Å². The van der Waals surface area contributed by atoms with Gasteiger partial charge in [0.15, 0.2) is 0 Å². The summed E-state index contributed by atoms with van der Waals surface area (Å²) in [6.45, 7) is 2.14. The lowest BCUT2D eigenvalue weighted by Gasteiger charge is -2.26. The summed E-state index contributed by atoms with van der Waals surface area (Å²) in [7, 11) is 0. The zero-order valence-corrected chi connectivity index (χ0v) is 20.5. The van der Waals surface area contributed by atoms with E-state index in [2.05, 4.69) is 70.5 Å². The quantitative estimate of drug-likeness (QED) is 0.351. The standard InChI is InChI=1S/C31H33N3O2/c35-30(20-23-10-12-25-6-2-4-8-28(25)18-23)33-21-29(34-31(36)26-13-15-32-16-14-26)19-22-9-11-24-5-1-3-7-27(24)17-22/h1-12,17-18,26,29,32H,13-16,19-21H2,(H,33,35)(H,34,36). The van der Waals surface area contributed by atoms with E-state index in [0.29, 0.717) is 19.4 Å². The number of hydrogen-bond acceptors (Lipinski definition) is 3. The molecule has 184 valence electrons. The van der Waals surface area contributed by atoms with Gasteiger partial charge in [-0.2, -0.15) is 0 Å². The van der Waals surface area contributed by atoms with Gasteiger partial charge in [0, 0.05) is 12.5 Å². The highest BCUT2D eigenvalue weighted by Crippen LogP contribution is 2.18. The first-order chi connectivity index (χ1) is 17.6. The van der Waals surface area contributed by atoms with E-state index in [1.807, 2.05) is 30.3 Å². The topological polar surface area (TPSA) is 70.2 Å². The van der Waals surface area contributed by atoms with E-state index in [4.69, 9.17) is 0 Å². The van der Waals surface area contributed by atoms with Gasteiger partial charge in [-0.15, -0.1) is 0 Å². The summed E-state index contributed by atoms with van der Waals surface area (Å²) in [5.41, 5.74) is 2.13. The number of benzene rings is 4. The zero-order valence-electron chi connectivity index (χ0n) is 20.5. The molecular weight excluding hydrogens is 446 g/mol. The van der Waals surface area contributed by atoms with Gasteiger partial charge in [-0.1, -0.05) is 84.9 Å². The van der Waals surface area contributed by atoms with Crippen LogP contribution in [0.3, 0.4) is 0 Å². The van der Waals surface area contributed by atoms with E-state index in [1.165, 1.54) is 10.8 Å². The third-order valence-corrected chi connectivity index (χ3v) is 7.08. The normalized spacial score (nSPS) is 15.0. The van der Waals surface area contributed by atoms with E-state index < -0.39 is 0 Å². The van der Waals surface area contributed by atoms with Crippen molar-refractivity contribution >= 4 is 33.4 Å². The van der Waals surface area contributed by atoms with E-state index in [-0.39, 0.29) is 23.8 Å². The molecule has 0 aromatic heterocycles. The molecule has 4 aromatic rings. The summed E-state index contributed by atoms with van der Waals surface area (Å²) >= 11 is 0. The molecule has 4 aromatic carbocycles. The SMILES string of the molecule is O=C(Cc1ccc2ccccc2c1)NCC(Cc1ccc2ccccc2c1)NC(=O)C1CCNCC1. The number of carbonyl (C=O) groups excluding carboxylic acids is 2. The average Bonchev–Trinajstić information content (AvgIpc) is 2.92. The molecule has 0 spiro atoms. The first kappa shape index (κ1) is 24.0. The van der Waals surface area contributed by atoms with Crippen LogP contribution in [0.2, 0.25) is 0 Å². The van der Waals surface area contributed by atoms with Crippen molar-refractivity contribution in [2.24, 2.45) is 5.92 Å². The molecule has 3 N–H and O–H groups in total. The van der Waals surface area contributed by atoms with E-state index in [1.54, 1.807) is 0 Å². The Kier molecular flexibility index (Phi) is 7.58. The Balaban J connectivity index is 1.25. The fraction of sp³-hybridized carbons (Fsp3) is 0.290. The number of rotatable bonds is 8. The van der Waals surface area contributed by atoms with Crippen molar-refractivity contribution < 1.29 is 9.59 Å². The molecule has 1 saturated heterocycles. The number of hydrogen-bond donors (Lipinski definition) is 3. The fourth-order valence-corrected chi connectivity index (χ4v) is 5.06. The van der Waals surface area contributed by atoms with E-state index in [9.17, 15) is 9.59 Å². The van der Waals surface area contributed by atoms with Gasteiger partial charge in [-0.05, 0) is 65.0 Å². The molecule has 1 unspecified atom stereocenters. The Hall–Kier alpha value is -3.70. The Labute approximate surface area is 212 Å². The summed E-state index contributed by atoms with van der Waals surface area (Å²) in [5, 5.41) is 14.3. The number of carbonyl (C=O) groups is 2. The van der Waals surface area contributed by atoms with Gasteiger partial charge >= 0.3 is 0 Å². The second-order valence-corrected chi connectivity index (χ2v) is 9.78. The molecular formula is C31H33N3O2. The molecule has 0 aliphatic carbocycles. The number of nitrogens with one attached hydrogen (secondary N) is 3. The maximum absolute atomic E-state index is 13.0. The minimum Gasteiger partial charge on any atom is -0.354 e. The van der Waals surface area contributed by atoms with Gasteiger partial charge in [0.2, 0.25) is 11.8 Å². The largest absolute Gasteiger partial charge is 0.354 e. The van der Waals surface area contributed by atoms with Crippen LogP contribution >= 0.6 is 0 Å². The molecule has 0 radical (unpaired) electrons. The van der Waals surface area contributed by atoms with Crippen LogP contribution in [0.25, 0.3) is 21.5 Å². The molecule has 0 bridgehead atoms. The van der Waals surface area contributed by atoms with Crippen molar-refractivity contribution in [3.05, 3.63) is 96.1 Å². The predicted molar refractivity (Wildman–Crippen MR) is 146 cm³/mol. The van der Waals surface area contributed by atoms with Crippen molar-refractivity contribution in [3.63, 3.8) is 0 Å². The van der Waals surface area contributed by atoms with Crippen LogP contribution in [0, 0.1) is 5.92 Å². The molecule has 2 amide bonds. The van der Waals surface area contributed by atoms with Gasteiger partial charge in [0.1, 0.15) is 0 Å². The van der Waals surface area contributed by atoms with Gasteiger partial charge < -0.3 is 16.0 Å². The average molecular weight is 480 g/mol. The Morgan fingerprint density at radius 1 is 0.778 bits per heavy atom. The summed E-state index contributed by atoms with van der Waals surface area (Å²) < 4.78 is 0. The lowest BCUT2D eigenvalue weighted by Crippen LogP contribution is -2.48. The van der Waals surface area contributed by atoms with Crippen molar-refractivity contribution in [2.75, 3.05) is 19.6 Å². The highest BCUT2D eigenvalue weighted by atomic mass is 16.2. The van der Waals surface area contributed by atoms with Gasteiger partial charge in [0.25, 0.3) is 0 Å². The molecule has 5 rings (SSSR count). The maximum atomic E-state index is 13.0. The minimum atomic E-state index is -0.172. The van der Waals surface area contributed by atoms with Crippen molar-refractivity contribution in [3.8, 4) is 0 Å². The highest BCUT2D eigenvalue weighted by molar-refractivity contribution is 5.86. The van der Waals surface area contributed by atoms with Crippen molar-refractivity contribution in [1.82, 2.24) is 16.0 Å². The summed E-state index contributed by atoms with van der Waals surface area (Å²) in [6.07, 6.45) is 2.68. The molecule has 1 fully saturated rings. The number of fused-ring (bicyclic) bond motifs is 2. The maximum Gasteiger partial charge on any atom is 0.224 e. The second kappa shape index (κ2) is 11.4. The van der Waals surface area contributed by atoms with Crippen LogP contribution < -0.4 is 16.0 Å². The van der Waals surface area contributed by atoms with Crippen molar-refractivity contribution in [1.29, 1.82) is 0 Å². The van der Waals surface area contributed by atoms with Crippen LogP contribution in [0.4, 0.5) is 0 Å². The Morgan fingerprint density at radius 2 is 1.36 bits per heavy atom. The Morgan fingerprint density at radius 3 is 2.03 bits per heavy atom. The third-order valence-electron chi connectivity index (χ3n) is 7.08. The predicted octanol–water partition coefficient (Wildman–Crippen LogP) is 4.38. The molecule has 5 nitrogen and oxygen atoms in total. The summed E-state index contributed by atoms with van der Waals surface area (Å²) in [6, 6.07) is 28.8. The summed E-state index contributed by atoms with van der Waals surface area (Å²) in [5.74, 6) is 0.0784. The molecule has 0 saturated carbocycles. The molecule has 5 heteroatoms. The van der Waals surface area contributed by atoms with Crippen LogP contribution in [0.5, 0.6) is 0 Å². The monoisotopic (exact) mass is 479 g/mol. The molecule has 1 aliphatic rings. The first-order valence-electron chi connectivity index (χ1n) is 12.9. The Bertz CT molecular complexity index is 1360. The van der Waals surface area contributed by atoms with E-state index in [0.717, 1.165) is 47.8 Å². The second-order valence-electron chi connectivity index (χ2n) is 9.78. The lowest BCUT2D eigenvalue weighted by atomic mass is 9.96. The highest BCUT2D eigenvalue weighted by Gasteiger charge is 2.24. The molecule has 36 heavy (non-hydrogen) atoms. The lowest BCUT2D eigenvalue weighted by molar-refractivity contribution is -0.127. The van der Waals surface area contributed by atoms with Crippen LogP contribution in [-0.4, -0.2) is 37.5 Å². The third kappa shape index (κ3) is 6.10. The molecule has 1 atom stereocenters. The molecule has 1 aliphatic heterocycles. The zero-order chi connectivity index (χ0) is 24.7. The first-order valence-corrected chi connectivity index (χ1v) is 12.9. The van der Waals surface area contributed by atoms with E-state index >= 15 is 0 Å². The van der Waals surface area contributed by atoms with Crippen LogP contribution in [0.15, 0.2) is 84.9 Å². The van der Waals surface area contributed by atoms with Crippen LogP contribution in [-0.2, 0) is 22.4 Å². The minimum absolute atomic E-state index is 0.0265. The molecule has 1 heterocycles. The smallest absolute Gasteiger partial charge is 0.224 e. The van der Waals surface area contributed by atoms with Gasteiger partial charge in [0.05, 0.1) is 12.5 Å². The van der Waals surface area contributed by atoms with Crippen molar-refractivity contribution in [2.45, 2.75) is 31.7 Å².